The molecule has 0 amide bonds. The highest BCUT2D eigenvalue weighted by Gasteiger charge is 2.37. The van der Waals surface area contributed by atoms with E-state index in [1.165, 1.54) is 64.0 Å². The summed E-state index contributed by atoms with van der Waals surface area (Å²) < 4.78 is 24.5. The third kappa shape index (κ3) is 6.97. The second-order valence-electron chi connectivity index (χ2n) is 7.25. The summed E-state index contributed by atoms with van der Waals surface area (Å²) in [4.78, 5) is 0. The molecule has 0 bridgehead atoms. The first-order chi connectivity index (χ1) is 10.3. The smallest absolute Gasteiger partial charge is 0.211 e. The Morgan fingerprint density at radius 2 is 1.50 bits per heavy atom. The Bertz CT molecular complexity index is 405. The highest BCUT2D eigenvalue weighted by molar-refractivity contribution is 7.88. The Morgan fingerprint density at radius 1 is 1.00 bits per heavy atom. The largest absolute Gasteiger partial charge is 0.306 e. The number of nitrogens with zero attached hydrogens (tertiary/aromatic N) is 1. The summed E-state index contributed by atoms with van der Waals surface area (Å²) in [5.41, 5.74) is 0.164. The van der Waals surface area contributed by atoms with Gasteiger partial charge >= 0.3 is 0 Å². The average molecular weight is 333 g/mol. The first kappa shape index (κ1) is 19.9. The molecule has 0 aliphatic carbocycles. The zero-order valence-corrected chi connectivity index (χ0v) is 15.8. The molecule has 0 saturated carbocycles. The molecule has 22 heavy (non-hydrogen) atoms. The van der Waals surface area contributed by atoms with Gasteiger partial charge in [-0.1, -0.05) is 58.8 Å². The molecule has 5 heteroatoms. The molecule has 1 aliphatic rings. The molecule has 0 radical (unpaired) electrons. The number of sulfonamides is 1. The second-order valence-corrected chi connectivity index (χ2v) is 9.23. The van der Waals surface area contributed by atoms with Gasteiger partial charge < -0.3 is 5.32 Å². The molecule has 1 atom stereocenters. The molecule has 1 N–H and O–H groups in total. The molecule has 1 fully saturated rings. The molecule has 0 spiro atoms. The summed E-state index contributed by atoms with van der Waals surface area (Å²) in [6.07, 6.45) is 12.7. The Morgan fingerprint density at radius 3 is 2.00 bits per heavy atom. The molecule has 1 rings (SSSR count). The van der Waals surface area contributed by atoms with Crippen molar-refractivity contribution in [1.82, 2.24) is 9.62 Å². The van der Waals surface area contributed by atoms with Crippen molar-refractivity contribution in [2.24, 2.45) is 0 Å². The van der Waals surface area contributed by atoms with Gasteiger partial charge in [0.2, 0.25) is 10.0 Å². The monoisotopic (exact) mass is 332 g/mol. The van der Waals surface area contributed by atoms with Gasteiger partial charge in [-0.05, 0) is 19.8 Å². The van der Waals surface area contributed by atoms with E-state index in [4.69, 9.17) is 0 Å². The van der Waals surface area contributed by atoms with E-state index in [1.807, 2.05) is 0 Å². The summed E-state index contributed by atoms with van der Waals surface area (Å²) in [6, 6.07) is 0.326. The van der Waals surface area contributed by atoms with Gasteiger partial charge in [0.15, 0.2) is 0 Å². The molecule has 0 aromatic heterocycles. The van der Waals surface area contributed by atoms with E-state index in [0.29, 0.717) is 19.1 Å². The number of unbranched alkanes of at least 4 members (excludes halogenated alkanes) is 5. The number of hydrogen-bond acceptors (Lipinski definition) is 3. The molecule has 4 nitrogen and oxygen atoms in total. The Kier molecular flexibility index (Phi) is 8.36. The predicted molar refractivity (Wildman–Crippen MR) is 94.6 cm³/mol. The topological polar surface area (TPSA) is 49.4 Å². The van der Waals surface area contributed by atoms with E-state index >= 15 is 0 Å². The van der Waals surface area contributed by atoms with Crippen LogP contribution in [0.5, 0.6) is 0 Å². The summed E-state index contributed by atoms with van der Waals surface area (Å²) in [5, 5.41) is 3.76. The van der Waals surface area contributed by atoms with Crippen molar-refractivity contribution < 1.29 is 8.42 Å². The van der Waals surface area contributed by atoms with Gasteiger partial charge in [0.05, 0.1) is 6.26 Å². The highest BCUT2D eigenvalue weighted by atomic mass is 32.2. The molecule has 1 unspecified atom stereocenters. The van der Waals surface area contributed by atoms with Crippen LogP contribution in [0.25, 0.3) is 0 Å². The molecular weight excluding hydrogens is 296 g/mol. The van der Waals surface area contributed by atoms with Crippen LogP contribution in [0.4, 0.5) is 0 Å². The van der Waals surface area contributed by atoms with Gasteiger partial charge in [0.25, 0.3) is 0 Å². The minimum absolute atomic E-state index is 0.164. The first-order valence-electron chi connectivity index (χ1n) is 9.03. The van der Waals surface area contributed by atoms with Gasteiger partial charge in [-0.3, -0.25) is 0 Å². The fourth-order valence-electron chi connectivity index (χ4n) is 3.27. The van der Waals surface area contributed by atoms with Crippen molar-refractivity contribution in [3.8, 4) is 0 Å². The predicted octanol–water partition coefficient (Wildman–Crippen LogP) is 3.53. The summed E-state index contributed by atoms with van der Waals surface area (Å²) in [6.45, 7) is 8.08. The van der Waals surface area contributed by atoms with Crippen LogP contribution in [0, 0.1) is 0 Å². The highest BCUT2D eigenvalue weighted by Crippen LogP contribution is 2.25. The van der Waals surface area contributed by atoms with Gasteiger partial charge in [-0.15, -0.1) is 0 Å². The van der Waals surface area contributed by atoms with Crippen LogP contribution in [-0.4, -0.2) is 43.6 Å². The third-order valence-electron chi connectivity index (χ3n) is 4.78. The fourth-order valence-corrected chi connectivity index (χ4v) is 4.17. The van der Waals surface area contributed by atoms with E-state index < -0.39 is 10.0 Å². The van der Waals surface area contributed by atoms with E-state index in [9.17, 15) is 8.42 Å². The van der Waals surface area contributed by atoms with Crippen molar-refractivity contribution >= 4 is 10.0 Å². The number of hydrogen-bond donors (Lipinski definition) is 1. The Balaban J connectivity index is 2.44. The van der Waals surface area contributed by atoms with E-state index in [2.05, 4.69) is 26.1 Å². The zero-order chi connectivity index (χ0) is 16.6. The van der Waals surface area contributed by atoms with Crippen molar-refractivity contribution in [3.63, 3.8) is 0 Å². The number of rotatable bonds is 12. The van der Waals surface area contributed by atoms with Gasteiger partial charge in [0.1, 0.15) is 0 Å². The molecule has 0 aromatic carbocycles. The molecular formula is C17H36N2O2S. The van der Waals surface area contributed by atoms with Crippen LogP contribution < -0.4 is 5.32 Å². The number of nitrogens with one attached hydrogen (secondary N) is 1. The van der Waals surface area contributed by atoms with Crippen LogP contribution >= 0.6 is 0 Å². The average Bonchev–Trinajstić information content (AvgIpc) is 2.38. The Hall–Kier alpha value is -0.130. The lowest BCUT2D eigenvalue weighted by Gasteiger charge is -2.44. The minimum Gasteiger partial charge on any atom is -0.306 e. The van der Waals surface area contributed by atoms with Gasteiger partial charge in [0, 0.05) is 24.7 Å². The van der Waals surface area contributed by atoms with Crippen molar-refractivity contribution in [3.05, 3.63) is 0 Å². The maximum absolute atomic E-state index is 11.5. The molecule has 1 saturated heterocycles. The van der Waals surface area contributed by atoms with Crippen LogP contribution in [0.2, 0.25) is 0 Å². The summed E-state index contributed by atoms with van der Waals surface area (Å²) in [7, 11) is -3.01. The van der Waals surface area contributed by atoms with Gasteiger partial charge in [-0.25, -0.2) is 8.42 Å². The van der Waals surface area contributed by atoms with Crippen molar-refractivity contribution in [1.29, 1.82) is 0 Å². The fraction of sp³-hybridized carbons (Fsp3) is 1.00. The van der Waals surface area contributed by atoms with Crippen LogP contribution in [-0.2, 0) is 10.0 Å². The summed E-state index contributed by atoms with van der Waals surface area (Å²) >= 11 is 0. The van der Waals surface area contributed by atoms with Crippen LogP contribution in [0.15, 0.2) is 0 Å². The normalized spacial score (nSPS) is 19.8. The molecule has 1 aliphatic heterocycles. The van der Waals surface area contributed by atoms with E-state index in [1.54, 1.807) is 4.31 Å². The maximum atomic E-state index is 11.5. The van der Waals surface area contributed by atoms with Crippen LogP contribution in [0.1, 0.15) is 78.6 Å². The lowest BCUT2D eigenvalue weighted by atomic mass is 9.87. The van der Waals surface area contributed by atoms with E-state index in [-0.39, 0.29) is 5.54 Å². The minimum atomic E-state index is -3.01. The zero-order valence-electron chi connectivity index (χ0n) is 15.0. The van der Waals surface area contributed by atoms with E-state index in [0.717, 1.165) is 0 Å². The van der Waals surface area contributed by atoms with Crippen molar-refractivity contribution in [2.45, 2.75) is 90.1 Å². The summed E-state index contributed by atoms with van der Waals surface area (Å²) in [5.74, 6) is 0. The van der Waals surface area contributed by atoms with Crippen LogP contribution in [0.3, 0.4) is 0 Å². The lowest BCUT2D eigenvalue weighted by molar-refractivity contribution is 0.162. The third-order valence-corrected chi connectivity index (χ3v) is 6.02. The van der Waals surface area contributed by atoms with Crippen molar-refractivity contribution in [2.75, 3.05) is 19.3 Å². The SMILES string of the molecule is CCCCCCC(C)(CCCCC)NC1CN(S(C)(=O)=O)C1. The second kappa shape index (κ2) is 9.24. The standard InChI is InChI=1S/C17H36N2O2S/c1-5-7-9-11-13-17(3,12-10-8-6-2)18-16-14-19(15-16)22(4,20)21/h16,18H,5-15H2,1-4H3. The molecule has 1 heterocycles. The first-order valence-corrected chi connectivity index (χ1v) is 10.9. The maximum Gasteiger partial charge on any atom is 0.211 e. The molecule has 132 valence electrons. The van der Waals surface area contributed by atoms with Gasteiger partial charge in [-0.2, -0.15) is 4.31 Å². The lowest BCUT2D eigenvalue weighted by Crippen LogP contribution is -2.64. The molecule has 0 aromatic rings. The Labute approximate surface area is 138 Å². The quantitative estimate of drug-likeness (QED) is 0.556.